The highest BCUT2D eigenvalue weighted by Crippen LogP contribution is 2.28. The molecule has 0 saturated carbocycles. The van der Waals surface area contributed by atoms with Crippen LogP contribution in [0.4, 0.5) is 9.52 Å². The van der Waals surface area contributed by atoms with Crippen molar-refractivity contribution >= 4 is 38.3 Å². The minimum Gasteiger partial charge on any atom is -0.357 e. The van der Waals surface area contributed by atoms with Gasteiger partial charge in [-0.2, -0.15) is 0 Å². The van der Waals surface area contributed by atoms with Gasteiger partial charge in [0.05, 0.1) is 10.2 Å². The van der Waals surface area contributed by atoms with Gasteiger partial charge in [-0.3, -0.25) is 0 Å². The number of rotatable bonds is 3. The first-order chi connectivity index (χ1) is 9.22. The molecule has 1 heterocycles. The number of nitrogens with one attached hydrogen (secondary N) is 1. The summed E-state index contributed by atoms with van der Waals surface area (Å²) in [5, 5.41) is 4.59. The molecule has 0 aliphatic carbocycles. The van der Waals surface area contributed by atoms with Crippen LogP contribution in [-0.2, 0) is 6.54 Å². The maximum Gasteiger partial charge on any atom is 0.184 e. The summed E-state index contributed by atoms with van der Waals surface area (Å²) in [4.78, 5) is 4.42. The molecular formula is C14H10ClFN2S. The van der Waals surface area contributed by atoms with E-state index < -0.39 is 0 Å². The molecule has 0 spiro atoms. The summed E-state index contributed by atoms with van der Waals surface area (Å²) in [6.45, 7) is 0.417. The summed E-state index contributed by atoms with van der Waals surface area (Å²) in [5.41, 5.74) is 1.52. The van der Waals surface area contributed by atoms with Crippen molar-refractivity contribution in [3.05, 3.63) is 58.9 Å². The molecule has 2 nitrogen and oxygen atoms in total. The first-order valence-electron chi connectivity index (χ1n) is 5.76. The van der Waals surface area contributed by atoms with E-state index in [4.69, 9.17) is 11.6 Å². The lowest BCUT2D eigenvalue weighted by molar-refractivity contribution is 0.613. The Labute approximate surface area is 118 Å². The zero-order valence-electron chi connectivity index (χ0n) is 9.86. The summed E-state index contributed by atoms with van der Waals surface area (Å²) in [6.07, 6.45) is 0. The summed E-state index contributed by atoms with van der Waals surface area (Å²) < 4.78 is 14.5. The molecule has 0 radical (unpaired) electrons. The Hall–Kier alpha value is -1.65. The molecule has 0 saturated heterocycles. The smallest absolute Gasteiger partial charge is 0.184 e. The molecule has 5 heteroatoms. The number of nitrogens with zero attached hydrogens (tertiary/aromatic N) is 1. The lowest BCUT2D eigenvalue weighted by Gasteiger charge is -2.03. The van der Waals surface area contributed by atoms with Crippen LogP contribution in [0.2, 0.25) is 5.02 Å². The first kappa shape index (κ1) is 12.4. The van der Waals surface area contributed by atoms with Gasteiger partial charge in [0.1, 0.15) is 5.82 Å². The van der Waals surface area contributed by atoms with Crippen molar-refractivity contribution in [3.63, 3.8) is 0 Å². The van der Waals surface area contributed by atoms with Gasteiger partial charge in [-0.15, -0.1) is 0 Å². The van der Waals surface area contributed by atoms with E-state index in [9.17, 15) is 4.39 Å². The molecule has 3 aromatic rings. The lowest BCUT2D eigenvalue weighted by atomic mass is 10.2. The van der Waals surface area contributed by atoms with Gasteiger partial charge in [-0.1, -0.05) is 41.1 Å². The van der Waals surface area contributed by atoms with E-state index >= 15 is 0 Å². The predicted octanol–water partition coefficient (Wildman–Crippen LogP) is 4.70. The largest absolute Gasteiger partial charge is 0.357 e. The lowest BCUT2D eigenvalue weighted by Crippen LogP contribution is -2.00. The highest BCUT2D eigenvalue weighted by Gasteiger charge is 2.05. The molecule has 96 valence electrons. The van der Waals surface area contributed by atoms with Crippen molar-refractivity contribution in [1.29, 1.82) is 0 Å². The van der Waals surface area contributed by atoms with E-state index in [1.54, 1.807) is 12.1 Å². The van der Waals surface area contributed by atoms with E-state index in [0.29, 0.717) is 17.1 Å². The number of benzene rings is 2. The van der Waals surface area contributed by atoms with Crippen LogP contribution in [0.25, 0.3) is 10.2 Å². The van der Waals surface area contributed by atoms with Crippen LogP contribution in [-0.4, -0.2) is 4.98 Å². The van der Waals surface area contributed by atoms with Crippen molar-refractivity contribution < 1.29 is 4.39 Å². The van der Waals surface area contributed by atoms with Gasteiger partial charge in [-0.05, 0) is 24.3 Å². The topological polar surface area (TPSA) is 24.9 Å². The molecule has 1 aromatic heterocycles. The fraction of sp³-hybridized carbons (Fsp3) is 0.0714. The van der Waals surface area contributed by atoms with Crippen molar-refractivity contribution in [2.24, 2.45) is 0 Å². The standard InChI is InChI=1S/C14H10ClFN2S/c15-10-5-6-12-13(7-10)19-14(18-12)17-8-9-3-1-2-4-11(9)16/h1-7H,8H2,(H,17,18). The summed E-state index contributed by atoms with van der Waals surface area (Å²) >= 11 is 7.44. The van der Waals surface area contributed by atoms with Gasteiger partial charge >= 0.3 is 0 Å². The number of anilines is 1. The average molecular weight is 293 g/mol. The van der Waals surface area contributed by atoms with E-state index in [-0.39, 0.29) is 5.82 Å². The molecular weight excluding hydrogens is 283 g/mol. The molecule has 1 N–H and O–H groups in total. The number of aromatic nitrogens is 1. The van der Waals surface area contributed by atoms with Gasteiger partial charge in [0.25, 0.3) is 0 Å². The fourth-order valence-corrected chi connectivity index (χ4v) is 2.92. The van der Waals surface area contributed by atoms with E-state index in [1.165, 1.54) is 17.4 Å². The molecule has 19 heavy (non-hydrogen) atoms. The molecule has 0 atom stereocenters. The van der Waals surface area contributed by atoms with Crippen molar-refractivity contribution in [3.8, 4) is 0 Å². The zero-order chi connectivity index (χ0) is 13.2. The summed E-state index contributed by atoms with van der Waals surface area (Å²) in [7, 11) is 0. The molecule has 3 rings (SSSR count). The normalized spacial score (nSPS) is 10.8. The molecule has 0 unspecified atom stereocenters. The Bertz CT molecular complexity index is 726. The Balaban J connectivity index is 1.80. The zero-order valence-corrected chi connectivity index (χ0v) is 11.4. The molecule has 0 fully saturated rings. The number of hydrogen-bond acceptors (Lipinski definition) is 3. The van der Waals surface area contributed by atoms with Crippen molar-refractivity contribution in [2.45, 2.75) is 6.54 Å². The molecule has 0 aliphatic rings. The highest BCUT2D eigenvalue weighted by atomic mass is 35.5. The minimum absolute atomic E-state index is 0.209. The van der Waals surface area contributed by atoms with Crippen LogP contribution in [0.3, 0.4) is 0 Å². The van der Waals surface area contributed by atoms with E-state index in [2.05, 4.69) is 10.3 Å². The number of halogens is 2. The van der Waals surface area contributed by atoms with Crippen molar-refractivity contribution in [1.82, 2.24) is 4.98 Å². The third kappa shape index (κ3) is 2.69. The summed E-state index contributed by atoms with van der Waals surface area (Å²) in [5.74, 6) is -0.209. The van der Waals surface area contributed by atoms with Gasteiger partial charge in [-0.25, -0.2) is 9.37 Å². The Morgan fingerprint density at radius 3 is 2.89 bits per heavy atom. The summed E-state index contributed by atoms with van der Waals surface area (Å²) in [6, 6.07) is 12.3. The SMILES string of the molecule is Fc1ccccc1CNc1nc2ccc(Cl)cc2s1. The average Bonchev–Trinajstić information content (AvgIpc) is 2.79. The van der Waals surface area contributed by atoms with Crippen LogP contribution < -0.4 is 5.32 Å². The van der Waals surface area contributed by atoms with Crippen LogP contribution in [0.15, 0.2) is 42.5 Å². The number of thiazole rings is 1. The Kier molecular flexibility index (Phi) is 3.36. The van der Waals surface area contributed by atoms with E-state index in [1.807, 2.05) is 24.3 Å². The second-order valence-corrected chi connectivity index (χ2v) is 5.54. The molecule has 2 aromatic carbocycles. The van der Waals surface area contributed by atoms with Crippen LogP contribution in [0.1, 0.15) is 5.56 Å². The first-order valence-corrected chi connectivity index (χ1v) is 6.95. The highest BCUT2D eigenvalue weighted by molar-refractivity contribution is 7.22. The van der Waals surface area contributed by atoms with Gasteiger partial charge < -0.3 is 5.32 Å². The maximum atomic E-state index is 13.5. The van der Waals surface area contributed by atoms with Crippen LogP contribution in [0, 0.1) is 5.82 Å². The van der Waals surface area contributed by atoms with Crippen molar-refractivity contribution in [2.75, 3.05) is 5.32 Å². The quantitative estimate of drug-likeness (QED) is 0.757. The second kappa shape index (κ2) is 5.15. The van der Waals surface area contributed by atoms with E-state index in [0.717, 1.165) is 15.3 Å². The maximum absolute atomic E-state index is 13.5. The monoisotopic (exact) mass is 292 g/mol. The van der Waals surface area contributed by atoms with Gasteiger partial charge in [0.2, 0.25) is 0 Å². The molecule has 0 aliphatic heterocycles. The second-order valence-electron chi connectivity index (χ2n) is 4.08. The molecule has 0 bridgehead atoms. The Morgan fingerprint density at radius 1 is 1.21 bits per heavy atom. The van der Waals surface area contributed by atoms with Gasteiger partial charge in [0.15, 0.2) is 5.13 Å². The van der Waals surface area contributed by atoms with Gasteiger partial charge in [0, 0.05) is 17.1 Å². The van der Waals surface area contributed by atoms with Crippen LogP contribution in [0.5, 0.6) is 0 Å². The number of fused-ring (bicyclic) bond motifs is 1. The molecule has 0 amide bonds. The minimum atomic E-state index is -0.209. The third-order valence-electron chi connectivity index (χ3n) is 2.74. The Morgan fingerprint density at radius 2 is 2.05 bits per heavy atom. The predicted molar refractivity (Wildman–Crippen MR) is 78.4 cm³/mol. The fourth-order valence-electron chi connectivity index (χ4n) is 1.79. The number of hydrogen-bond donors (Lipinski definition) is 1. The van der Waals surface area contributed by atoms with Crippen LogP contribution >= 0.6 is 22.9 Å². The third-order valence-corrected chi connectivity index (χ3v) is 3.95.